The fourth-order valence-electron chi connectivity index (χ4n) is 12.9. The van der Waals surface area contributed by atoms with E-state index in [0.717, 1.165) is 33.4 Å². The number of carbonyl (C=O) groups excluding carboxylic acids is 4. The van der Waals surface area contributed by atoms with E-state index in [1.165, 1.54) is 89.7 Å². The molecule has 6 aliphatic rings. The molecule has 470 valence electrons. The lowest BCUT2D eigenvalue weighted by Gasteiger charge is -2.39. The molecular formula is C63H56ClFN8O18. The Hall–Kier alpha value is -10.7. The Bertz CT molecular complexity index is 4190. The van der Waals surface area contributed by atoms with Gasteiger partial charge in [-0.1, -0.05) is 22.0 Å². The summed E-state index contributed by atoms with van der Waals surface area (Å²) in [5.74, 6) is -0.920. The molecule has 6 aromatic carbocycles. The minimum atomic E-state index is -0.682. The summed E-state index contributed by atoms with van der Waals surface area (Å²) in [4.78, 5) is 54.2. The Kier molecular flexibility index (Phi) is 15.6. The van der Waals surface area contributed by atoms with Crippen molar-refractivity contribution in [3.63, 3.8) is 0 Å². The van der Waals surface area contributed by atoms with E-state index in [1.807, 2.05) is 36.4 Å². The minimum absolute atomic E-state index is 0.0128. The van der Waals surface area contributed by atoms with Crippen LogP contribution in [0.3, 0.4) is 0 Å². The van der Waals surface area contributed by atoms with Crippen molar-refractivity contribution in [2.45, 2.75) is 23.9 Å². The molecule has 0 saturated carbocycles. The van der Waals surface area contributed by atoms with Crippen molar-refractivity contribution in [2.75, 3.05) is 76.6 Å². The number of phenolic OH excluding ortho intramolecular Hbond substituents is 1. The van der Waals surface area contributed by atoms with Crippen molar-refractivity contribution in [2.24, 2.45) is 23.7 Å². The van der Waals surface area contributed by atoms with Gasteiger partial charge in [0.1, 0.15) is 5.82 Å². The largest absolute Gasteiger partial charge is 0.504 e. The second-order valence-electron chi connectivity index (χ2n) is 21.6. The molecule has 2 aliphatic carbocycles. The third-order valence-electron chi connectivity index (χ3n) is 17.1. The Morgan fingerprint density at radius 1 is 0.527 bits per heavy atom. The molecule has 6 heterocycles. The summed E-state index contributed by atoms with van der Waals surface area (Å²) in [5.41, 5.74) is 5.24. The van der Waals surface area contributed by atoms with Crippen LogP contribution >= 0.6 is 11.6 Å². The van der Waals surface area contributed by atoms with Gasteiger partial charge in [-0.05, 0) is 106 Å². The van der Waals surface area contributed by atoms with E-state index < -0.39 is 77.2 Å². The first-order valence-electron chi connectivity index (χ1n) is 28.2. The van der Waals surface area contributed by atoms with Gasteiger partial charge in [0.15, 0.2) is 68.9 Å². The zero-order valence-corrected chi connectivity index (χ0v) is 50.3. The quantitative estimate of drug-likeness (QED) is 0.0844. The van der Waals surface area contributed by atoms with Gasteiger partial charge < -0.3 is 77.3 Å². The molecule has 26 nitrogen and oxygen atoms in total. The molecule has 0 spiro atoms. The number of aromatic hydroxyl groups is 1. The van der Waals surface area contributed by atoms with Gasteiger partial charge in [0.05, 0.1) is 116 Å². The number of esters is 2. The lowest BCUT2D eigenvalue weighted by atomic mass is 9.65. The molecular weight excluding hydrogens is 1210 g/mol. The Morgan fingerprint density at radius 3 is 1.31 bits per heavy atom. The molecule has 0 radical (unpaired) electrons. The Labute approximate surface area is 521 Å². The van der Waals surface area contributed by atoms with Gasteiger partial charge in [0.25, 0.3) is 11.8 Å². The highest BCUT2D eigenvalue weighted by atomic mass is 35.5. The predicted octanol–water partition coefficient (Wildman–Crippen LogP) is 7.36. The van der Waals surface area contributed by atoms with Gasteiger partial charge in [-0.15, -0.1) is 10.2 Å². The summed E-state index contributed by atoms with van der Waals surface area (Å²) in [6.45, 7) is 0.234. The Morgan fingerprint density at radius 2 is 0.923 bits per heavy atom. The van der Waals surface area contributed by atoms with Crippen LogP contribution in [-0.2, 0) is 19.1 Å². The molecule has 3 N–H and O–H groups in total. The first-order valence-corrected chi connectivity index (χ1v) is 28.6. The third kappa shape index (κ3) is 10.4. The number of halogens is 2. The van der Waals surface area contributed by atoms with Gasteiger partial charge in [0, 0.05) is 35.8 Å². The number of carbonyl (C=O) groups is 4. The summed E-state index contributed by atoms with van der Waals surface area (Å²) in [6, 6.07) is 22.1. The number of hydrogen-bond acceptors (Lipinski definition) is 22. The highest BCUT2D eigenvalue weighted by Gasteiger charge is 2.55. The van der Waals surface area contributed by atoms with Crippen LogP contribution in [0.2, 0.25) is 5.02 Å². The normalized spacial score (nSPS) is 20.9. The minimum Gasteiger partial charge on any atom is -0.504 e. The highest BCUT2D eigenvalue weighted by Crippen LogP contribution is 2.58. The second-order valence-corrected chi connectivity index (χ2v) is 22.0. The van der Waals surface area contributed by atoms with E-state index in [2.05, 4.69) is 31.3 Å². The van der Waals surface area contributed by atoms with Crippen LogP contribution in [-0.4, -0.2) is 135 Å². The number of fused-ring (bicyclic) bond motifs is 6. The summed E-state index contributed by atoms with van der Waals surface area (Å²) in [5, 5.41) is 32.4. The van der Waals surface area contributed by atoms with Crippen molar-refractivity contribution in [1.29, 1.82) is 0 Å². The molecule has 14 rings (SSSR count). The molecule has 2 fully saturated rings. The summed E-state index contributed by atoms with van der Waals surface area (Å²) >= 11 is 5.80. The van der Waals surface area contributed by atoms with E-state index in [4.69, 9.17) is 73.2 Å². The highest BCUT2D eigenvalue weighted by molar-refractivity contribution is 6.30. The lowest BCUT2D eigenvalue weighted by Crippen LogP contribution is -2.43. The van der Waals surface area contributed by atoms with E-state index >= 15 is 0 Å². The number of cyclic esters (lactones) is 2. The standard InChI is InChI=1S/C32H30N4O10.C31H26ClFN4O8/c1-40-22-6-5-16(9-21(22)37)36-12-20(34-35-36)31(38)33-29-18-11-24-23(45-14-46-24)10-17(18)27(28-19(29)13-44-32(28)39)15-7-25(41-2)30(43-4)26(8-15)42-3;1-40-24-6-14(7-25(41-2)29(24)42-3)26-16-9-22-23(45-13-44-22)10-17(16)28(18-12-43-31(39)27(18)26)34-30(38)21-11-37(36-35-21)15-4-5-19(32)20(33)8-15/h5-12,19,27-29,37H,13-14H2,1-4H3,(H,33,38);4-11,18,26-28H,12-13H2,1-3H3,(H,34,38)/t19-,27+,28-,29+;18-,26+,27-,28+/m00/s1. The fourth-order valence-corrected chi connectivity index (χ4v) is 13.0. The molecule has 2 amide bonds. The monoisotopic (exact) mass is 1270 g/mol. The number of benzene rings is 6. The molecule has 2 aromatic heterocycles. The number of nitrogens with one attached hydrogen (secondary N) is 2. The van der Waals surface area contributed by atoms with E-state index in [0.29, 0.717) is 74.6 Å². The Balaban J connectivity index is 0.000000167. The fraction of sp³-hybridized carbons (Fsp3) is 0.302. The van der Waals surface area contributed by atoms with Crippen LogP contribution < -0.4 is 62.7 Å². The van der Waals surface area contributed by atoms with Crippen molar-refractivity contribution in [3.8, 4) is 80.4 Å². The molecule has 8 aromatic rings. The molecule has 8 atom stereocenters. The van der Waals surface area contributed by atoms with Crippen molar-refractivity contribution in [1.82, 2.24) is 40.6 Å². The molecule has 2 saturated heterocycles. The maximum absolute atomic E-state index is 14.1. The second kappa shape index (κ2) is 24.0. The van der Waals surface area contributed by atoms with Crippen molar-refractivity contribution < 1.29 is 90.3 Å². The first-order chi connectivity index (χ1) is 44.1. The van der Waals surface area contributed by atoms with Crippen LogP contribution in [0.25, 0.3) is 11.4 Å². The van der Waals surface area contributed by atoms with Crippen molar-refractivity contribution in [3.05, 3.63) is 153 Å². The number of phenols is 1. The van der Waals surface area contributed by atoms with Crippen LogP contribution in [0.5, 0.6) is 69.0 Å². The SMILES string of the molecule is COc1cc([C@@H]2c3cc4c(cc3[C@@H](NC(=O)c3cn(-c5ccc(Cl)c(F)c5)nn3)[C@H]3COC(=O)[C@H]23)OCO4)cc(OC)c1OC.COc1ccc(-n2cc(C(=O)N[C@@H]3c4cc5c(cc4[C@@H](c4cc(OC)c(OC)c(OC)c4)[C@H]4C(=O)OC[C@@H]43)OCO5)nn2)cc1O. The van der Waals surface area contributed by atoms with Gasteiger partial charge in [-0.3, -0.25) is 19.2 Å². The molecule has 0 unspecified atom stereocenters. The van der Waals surface area contributed by atoms with Crippen LogP contribution in [0.4, 0.5) is 4.39 Å². The number of nitrogens with zero attached hydrogens (tertiary/aromatic N) is 6. The van der Waals surface area contributed by atoms with Crippen LogP contribution in [0.1, 0.15) is 78.3 Å². The lowest BCUT2D eigenvalue weighted by molar-refractivity contribution is -0.142. The van der Waals surface area contributed by atoms with Gasteiger partial charge in [0.2, 0.25) is 25.1 Å². The van der Waals surface area contributed by atoms with Gasteiger partial charge in [-0.25, -0.2) is 13.8 Å². The third-order valence-corrected chi connectivity index (χ3v) is 17.4. The maximum atomic E-state index is 14.1. The number of methoxy groups -OCH3 is 7. The molecule has 0 bridgehead atoms. The average molecular weight is 1270 g/mol. The summed E-state index contributed by atoms with van der Waals surface area (Å²) in [7, 11) is 10.6. The molecule has 91 heavy (non-hydrogen) atoms. The number of amides is 2. The van der Waals surface area contributed by atoms with E-state index in [1.54, 1.807) is 30.3 Å². The zero-order chi connectivity index (χ0) is 63.5. The number of ether oxygens (including phenoxy) is 13. The van der Waals surface area contributed by atoms with Crippen molar-refractivity contribution >= 4 is 35.4 Å². The first kappa shape index (κ1) is 59.3. The maximum Gasteiger partial charge on any atom is 0.310 e. The molecule has 28 heteroatoms. The van der Waals surface area contributed by atoms with Gasteiger partial charge >= 0.3 is 11.9 Å². The van der Waals surface area contributed by atoms with Crippen LogP contribution in [0.15, 0.2) is 97.3 Å². The smallest absolute Gasteiger partial charge is 0.310 e. The van der Waals surface area contributed by atoms with Gasteiger partial charge in [-0.2, -0.15) is 0 Å². The average Bonchev–Trinajstić information content (AvgIpc) is 1.69. The summed E-state index contributed by atoms with van der Waals surface area (Å²) < 4.78 is 89.4. The topological polar surface area (TPSA) is 294 Å². The zero-order valence-electron chi connectivity index (χ0n) is 49.5. The number of hydrogen-bond donors (Lipinski definition) is 3. The predicted molar refractivity (Wildman–Crippen MR) is 313 cm³/mol. The molecule has 4 aliphatic heterocycles. The van der Waals surface area contributed by atoms with E-state index in [9.17, 15) is 28.7 Å². The van der Waals surface area contributed by atoms with Crippen LogP contribution in [0, 0.1) is 29.5 Å². The van der Waals surface area contributed by atoms with E-state index in [-0.39, 0.29) is 49.0 Å². The number of rotatable bonds is 15. The number of aromatic nitrogens is 6. The summed E-state index contributed by atoms with van der Waals surface area (Å²) in [6.07, 6.45) is 2.83.